The highest BCUT2D eigenvalue weighted by Gasteiger charge is 2.41. The highest BCUT2D eigenvalue weighted by molar-refractivity contribution is 5.94. The molecule has 0 saturated carbocycles. The molecule has 172 valence electrons. The number of rotatable bonds is 4. The first-order chi connectivity index (χ1) is 14.9. The Morgan fingerprint density at radius 3 is 2.47 bits per heavy atom. The van der Waals surface area contributed by atoms with Crippen molar-refractivity contribution in [2.24, 2.45) is 0 Å². The van der Waals surface area contributed by atoms with Gasteiger partial charge in [-0.15, -0.1) is 0 Å². The largest absolute Gasteiger partial charge is 0.433 e. The molecule has 0 radical (unpaired) electrons. The standard InChI is InChI=1S/C22H24F3N3O4/c1-12-3-14(20(30)28-9-18(29)4-13(28)2)5-16(26-12)8-17-6-15(21(31)10-32-11-21)7-19(27-17)22(23,24)25/h3,5-7,13,18,29,31H,4,8-11H2,1-2H3. The SMILES string of the molecule is Cc1cc(C(=O)N2CC(O)CC2C)cc(Cc2cc(C3(O)COC3)cc(C(F)(F)F)n2)n1. The van der Waals surface area contributed by atoms with Gasteiger partial charge in [0.15, 0.2) is 0 Å². The Hall–Kier alpha value is -2.56. The number of aliphatic hydroxyl groups excluding tert-OH is 1. The van der Waals surface area contributed by atoms with Crippen LogP contribution in [0.15, 0.2) is 24.3 Å². The summed E-state index contributed by atoms with van der Waals surface area (Å²) < 4.78 is 45.2. The van der Waals surface area contributed by atoms with Gasteiger partial charge in [0.2, 0.25) is 0 Å². The van der Waals surface area contributed by atoms with Crippen LogP contribution in [0.2, 0.25) is 0 Å². The lowest BCUT2D eigenvalue weighted by Gasteiger charge is -2.37. The Labute approximate surface area is 182 Å². The van der Waals surface area contributed by atoms with E-state index in [9.17, 15) is 28.2 Å². The average molecular weight is 451 g/mol. The Balaban J connectivity index is 1.65. The zero-order chi connectivity index (χ0) is 23.3. The number of pyridine rings is 2. The number of aromatic nitrogens is 2. The summed E-state index contributed by atoms with van der Waals surface area (Å²) in [6.45, 7) is 3.60. The van der Waals surface area contributed by atoms with Crippen molar-refractivity contribution < 1.29 is 32.9 Å². The molecule has 1 amide bonds. The molecule has 2 aromatic heterocycles. The Bertz CT molecular complexity index is 1040. The Morgan fingerprint density at radius 1 is 1.22 bits per heavy atom. The molecule has 2 saturated heterocycles. The number of carbonyl (C=O) groups is 1. The Morgan fingerprint density at radius 2 is 1.91 bits per heavy atom. The molecule has 0 aliphatic carbocycles. The van der Waals surface area contributed by atoms with Gasteiger partial charge in [-0.3, -0.25) is 9.78 Å². The molecule has 4 heterocycles. The molecule has 2 aliphatic rings. The summed E-state index contributed by atoms with van der Waals surface area (Å²) in [5, 5.41) is 20.3. The fourth-order valence-electron chi connectivity index (χ4n) is 4.14. The quantitative estimate of drug-likeness (QED) is 0.740. The van der Waals surface area contributed by atoms with Gasteiger partial charge in [-0.05, 0) is 50.1 Å². The van der Waals surface area contributed by atoms with Gasteiger partial charge in [0.25, 0.3) is 5.91 Å². The number of β-amino-alcohol motifs (C(OH)–C–C–N with tert-alkyl or cyclic N) is 1. The predicted molar refractivity (Wildman–Crippen MR) is 107 cm³/mol. The van der Waals surface area contributed by atoms with Crippen LogP contribution in [0.25, 0.3) is 0 Å². The number of amides is 1. The fourth-order valence-corrected chi connectivity index (χ4v) is 4.14. The maximum Gasteiger partial charge on any atom is 0.433 e. The van der Waals surface area contributed by atoms with Crippen LogP contribution in [-0.2, 0) is 22.9 Å². The van der Waals surface area contributed by atoms with Gasteiger partial charge >= 0.3 is 6.18 Å². The van der Waals surface area contributed by atoms with E-state index in [2.05, 4.69) is 9.97 Å². The van der Waals surface area contributed by atoms with Crippen molar-refractivity contribution in [2.45, 2.75) is 50.6 Å². The molecular formula is C22H24F3N3O4. The third-order valence-corrected chi connectivity index (χ3v) is 5.82. The van der Waals surface area contributed by atoms with E-state index in [0.717, 1.165) is 6.07 Å². The molecule has 2 atom stereocenters. The number of hydrogen-bond acceptors (Lipinski definition) is 6. The van der Waals surface area contributed by atoms with E-state index in [-0.39, 0.29) is 49.4 Å². The van der Waals surface area contributed by atoms with Crippen molar-refractivity contribution in [3.63, 3.8) is 0 Å². The third kappa shape index (κ3) is 4.48. The number of halogens is 3. The van der Waals surface area contributed by atoms with Crippen LogP contribution < -0.4 is 0 Å². The lowest BCUT2D eigenvalue weighted by Crippen LogP contribution is -2.46. The number of alkyl halides is 3. The van der Waals surface area contributed by atoms with E-state index in [1.165, 1.54) is 12.1 Å². The first-order valence-electron chi connectivity index (χ1n) is 10.3. The molecule has 2 aliphatic heterocycles. The summed E-state index contributed by atoms with van der Waals surface area (Å²) in [6.07, 6.45) is -4.81. The first kappa shape index (κ1) is 22.6. The van der Waals surface area contributed by atoms with Crippen LogP contribution in [0, 0.1) is 6.92 Å². The van der Waals surface area contributed by atoms with Gasteiger partial charge in [0, 0.05) is 41.7 Å². The molecule has 2 N–H and O–H groups in total. The van der Waals surface area contributed by atoms with Crippen LogP contribution >= 0.6 is 0 Å². The van der Waals surface area contributed by atoms with Crippen LogP contribution in [-0.4, -0.2) is 62.9 Å². The van der Waals surface area contributed by atoms with Crippen LogP contribution in [0.5, 0.6) is 0 Å². The van der Waals surface area contributed by atoms with Crippen LogP contribution in [0.1, 0.15) is 52.0 Å². The van der Waals surface area contributed by atoms with Gasteiger partial charge in [-0.25, -0.2) is 4.98 Å². The van der Waals surface area contributed by atoms with Crippen LogP contribution in [0.4, 0.5) is 13.2 Å². The van der Waals surface area contributed by atoms with Gasteiger partial charge in [0.05, 0.1) is 19.3 Å². The summed E-state index contributed by atoms with van der Waals surface area (Å²) >= 11 is 0. The number of nitrogens with zero attached hydrogens (tertiary/aromatic N) is 3. The van der Waals surface area contributed by atoms with E-state index >= 15 is 0 Å². The predicted octanol–water partition coefficient (Wildman–Crippen LogP) is 2.21. The lowest BCUT2D eigenvalue weighted by molar-refractivity contribution is -0.185. The molecule has 0 bridgehead atoms. The summed E-state index contributed by atoms with van der Waals surface area (Å²) in [6, 6.07) is 5.29. The maximum atomic E-state index is 13.4. The monoisotopic (exact) mass is 451 g/mol. The number of aliphatic hydroxyl groups is 2. The summed E-state index contributed by atoms with van der Waals surface area (Å²) in [5.41, 5.74) is -1.14. The second-order valence-corrected chi connectivity index (χ2v) is 8.62. The van der Waals surface area contributed by atoms with Crippen molar-refractivity contribution in [1.29, 1.82) is 0 Å². The minimum atomic E-state index is -4.68. The molecule has 0 spiro atoms. The molecule has 4 rings (SSSR count). The van der Waals surface area contributed by atoms with Crippen molar-refractivity contribution in [1.82, 2.24) is 14.9 Å². The molecule has 2 aromatic rings. The fraction of sp³-hybridized carbons (Fsp3) is 0.500. The zero-order valence-electron chi connectivity index (χ0n) is 17.7. The van der Waals surface area contributed by atoms with E-state index < -0.39 is 23.6 Å². The molecule has 2 fully saturated rings. The molecular weight excluding hydrogens is 427 g/mol. The minimum Gasteiger partial charge on any atom is -0.391 e. The van der Waals surface area contributed by atoms with Gasteiger partial charge in [0.1, 0.15) is 11.3 Å². The average Bonchev–Trinajstić information content (AvgIpc) is 3.02. The zero-order valence-corrected chi connectivity index (χ0v) is 17.7. The Kier molecular flexibility index (Phi) is 5.72. The van der Waals surface area contributed by atoms with Crippen molar-refractivity contribution in [2.75, 3.05) is 19.8 Å². The van der Waals surface area contributed by atoms with E-state index in [1.807, 2.05) is 6.92 Å². The van der Waals surface area contributed by atoms with Gasteiger partial charge < -0.3 is 19.8 Å². The lowest BCUT2D eigenvalue weighted by atomic mass is 9.91. The highest BCUT2D eigenvalue weighted by Crippen LogP contribution is 2.35. The summed E-state index contributed by atoms with van der Waals surface area (Å²) in [7, 11) is 0. The number of hydrogen-bond donors (Lipinski definition) is 2. The van der Waals surface area contributed by atoms with Crippen molar-refractivity contribution in [3.05, 3.63) is 58.2 Å². The first-order valence-corrected chi connectivity index (χ1v) is 10.3. The topological polar surface area (TPSA) is 95.8 Å². The van der Waals surface area contributed by atoms with E-state index in [1.54, 1.807) is 17.9 Å². The molecule has 2 unspecified atom stereocenters. The highest BCUT2D eigenvalue weighted by atomic mass is 19.4. The molecule has 10 heteroatoms. The third-order valence-electron chi connectivity index (χ3n) is 5.82. The molecule has 7 nitrogen and oxygen atoms in total. The van der Waals surface area contributed by atoms with Crippen molar-refractivity contribution >= 4 is 5.91 Å². The number of aryl methyl sites for hydroxylation is 1. The van der Waals surface area contributed by atoms with Gasteiger partial charge in [-0.1, -0.05) is 0 Å². The minimum absolute atomic E-state index is 0.0476. The second kappa shape index (κ2) is 8.09. The van der Waals surface area contributed by atoms with Crippen LogP contribution in [0.3, 0.4) is 0 Å². The normalized spacial score (nSPS) is 22.7. The van der Waals surface area contributed by atoms with E-state index in [4.69, 9.17) is 4.74 Å². The molecule has 0 aromatic carbocycles. The van der Waals surface area contributed by atoms with Gasteiger partial charge in [-0.2, -0.15) is 13.2 Å². The second-order valence-electron chi connectivity index (χ2n) is 8.62. The summed E-state index contributed by atoms with van der Waals surface area (Å²) in [5.74, 6) is -0.264. The summed E-state index contributed by atoms with van der Waals surface area (Å²) in [4.78, 5) is 22.6. The maximum absolute atomic E-state index is 13.4. The number of carbonyl (C=O) groups excluding carboxylic acids is 1. The smallest absolute Gasteiger partial charge is 0.391 e. The molecule has 32 heavy (non-hydrogen) atoms. The van der Waals surface area contributed by atoms with E-state index in [0.29, 0.717) is 23.4 Å². The number of likely N-dealkylation sites (tertiary alicyclic amines) is 1. The number of ether oxygens (including phenoxy) is 1. The van der Waals surface area contributed by atoms with Crippen molar-refractivity contribution in [3.8, 4) is 0 Å².